The molecule has 0 unspecified atom stereocenters. The maximum absolute atomic E-state index is 5.83. The molecule has 0 aliphatic rings. The van der Waals surface area contributed by atoms with Crippen LogP contribution in [0.25, 0.3) is 0 Å². The summed E-state index contributed by atoms with van der Waals surface area (Å²) >= 11 is 3.48. The van der Waals surface area contributed by atoms with E-state index in [-0.39, 0.29) is 0 Å². The molecule has 0 spiro atoms. The van der Waals surface area contributed by atoms with Gasteiger partial charge in [0.15, 0.2) is 0 Å². The topological polar surface area (TPSA) is 48.1 Å². The zero-order chi connectivity index (χ0) is 13.0. The summed E-state index contributed by atoms with van der Waals surface area (Å²) in [7, 11) is 0. The molecule has 1 aromatic carbocycles. The molecule has 94 valence electrons. The highest BCUT2D eigenvalue weighted by Crippen LogP contribution is 2.29. The largest absolute Gasteiger partial charge is 0.487 e. The summed E-state index contributed by atoms with van der Waals surface area (Å²) in [5.74, 6) is 0.807. The number of nitrogens with two attached hydrogens (primary N) is 1. The molecule has 4 heteroatoms. The lowest BCUT2D eigenvalue weighted by molar-refractivity contribution is 0.300. The highest BCUT2D eigenvalue weighted by molar-refractivity contribution is 9.10. The number of benzene rings is 1. The van der Waals surface area contributed by atoms with E-state index in [2.05, 4.69) is 27.0 Å². The van der Waals surface area contributed by atoms with Crippen molar-refractivity contribution in [3.05, 3.63) is 57.8 Å². The zero-order valence-electron chi connectivity index (χ0n) is 10.2. The third-order valence-electron chi connectivity index (χ3n) is 2.58. The SMILES string of the molecule is Cc1cncc(COc2c(Br)cccc2CN)c1. The van der Waals surface area contributed by atoms with E-state index in [1.54, 1.807) is 0 Å². The third kappa shape index (κ3) is 3.09. The van der Waals surface area contributed by atoms with Gasteiger partial charge in [-0.15, -0.1) is 0 Å². The van der Waals surface area contributed by atoms with Crippen LogP contribution in [0.15, 0.2) is 41.1 Å². The number of halogens is 1. The predicted molar refractivity (Wildman–Crippen MR) is 75.3 cm³/mol. The van der Waals surface area contributed by atoms with Gasteiger partial charge in [0.2, 0.25) is 0 Å². The molecule has 0 saturated carbocycles. The minimum absolute atomic E-state index is 0.459. The molecule has 2 aromatic rings. The molecule has 0 bridgehead atoms. The van der Waals surface area contributed by atoms with Crippen LogP contribution in [0.1, 0.15) is 16.7 Å². The molecule has 18 heavy (non-hydrogen) atoms. The summed E-state index contributed by atoms with van der Waals surface area (Å²) in [5.41, 5.74) is 8.87. The average Bonchev–Trinajstić information content (AvgIpc) is 2.37. The van der Waals surface area contributed by atoms with Gasteiger partial charge in [-0.3, -0.25) is 4.98 Å². The minimum Gasteiger partial charge on any atom is -0.487 e. The van der Waals surface area contributed by atoms with Gasteiger partial charge in [-0.1, -0.05) is 12.1 Å². The van der Waals surface area contributed by atoms with Gasteiger partial charge in [0.25, 0.3) is 0 Å². The van der Waals surface area contributed by atoms with E-state index >= 15 is 0 Å². The van der Waals surface area contributed by atoms with E-state index in [1.807, 2.05) is 37.5 Å². The van der Waals surface area contributed by atoms with Crippen molar-refractivity contribution in [2.24, 2.45) is 5.73 Å². The molecule has 2 N–H and O–H groups in total. The van der Waals surface area contributed by atoms with Crippen molar-refractivity contribution in [3.8, 4) is 5.75 Å². The first kappa shape index (κ1) is 13.1. The Hall–Kier alpha value is -1.39. The maximum atomic E-state index is 5.83. The summed E-state index contributed by atoms with van der Waals surface area (Å²) < 4.78 is 6.76. The second kappa shape index (κ2) is 5.98. The van der Waals surface area contributed by atoms with Gasteiger partial charge >= 0.3 is 0 Å². The minimum atomic E-state index is 0.459. The Labute approximate surface area is 115 Å². The number of nitrogens with zero attached hydrogens (tertiary/aromatic N) is 1. The third-order valence-corrected chi connectivity index (χ3v) is 3.21. The van der Waals surface area contributed by atoms with Crippen molar-refractivity contribution in [1.29, 1.82) is 0 Å². The Morgan fingerprint density at radius 2 is 2.17 bits per heavy atom. The van der Waals surface area contributed by atoms with E-state index in [1.165, 1.54) is 0 Å². The summed E-state index contributed by atoms with van der Waals surface area (Å²) in [6.07, 6.45) is 3.64. The van der Waals surface area contributed by atoms with Crippen molar-refractivity contribution >= 4 is 15.9 Å². The summed E-state index contributed by atoms with van der Waals surface area (Å²) in [5, 5.41) is 0. The van der Waals surface area contributed by atoms with Gasteiger partial charge in [-0.25, -0.2) is 0 Å². The Kier molecular flexibility index (Phi) is 4.33. The normalized spacial score (nSPS) is 10.4. The van der Waals surface area contributed by atoms with E-state index in [0.717, 1.165) is 26.9 Å². The number of para-hydroxylation sites is 1. The van der Waals surface area contributed by atoms with Crippen LogP contribution in [0.4, 0.5) is 0 Å². The van der Waals surface area contributed by atoms with Crippen molar-refractivity contribution in [1.82, 2.24) is 4.98 Å². The van der Waals surface area contributed by atoms with Crippen LogP contribution < -0.4 is 10.5 Å². The second-order valence-electron chi connectivity index (χ2n) is 4.09. The Bertz CT molecular complexity index is 543. The van der Waals surface area contributed by atoms with E-state index in [4.69, 9.17) is 10.5 Å². The molecule has 2 rings (SSSR count). The monoisotopic (exact) mass is 306 g/mol. The summed E-state index contributed by atoms with van der Waals surface area (Å²) in [6, 6.07) is 7.93. The van der Waals surface area contributed by atoms with Crippen molar-refractivity contribution in [3.63, 3.8) is 0 Å². The van der Waals surface area contributed by atoms with Crippen LogP contribution >= 0.6 is 15.9 Å². The lowest BCUT2D eigenvalue weighted by atomic mass is 10.2. The van der Waals surface area contributed by atoms with Crippen LogP contribution in [-0.4, -0.2) is 4.98 Å². The molecule has 0 aliphatic carbocycles. The number of ether oxygens (including phenoxy) is 1. The van der Waals surface area contributed by atoms with E-state index in [0.29, 0.717) is 13.2 Å². The smallest absolute Gasteiger partial charge is 0.138 e. The number of rotatable bonds is 4. The van der Waals surface area contributed by atoms with E-state index < -0.39 is 0 Å². The van der Waals surface area contributed by atoms with Crippen LogP contribution in [0.2, 0.25) is 0 Å². The fourth-order valence-corrected chi connectivity index (χ4v) is 2.25. The quantitative estimate of drug-likeness (QED) is 0.943. The highest BCUT2D eigenvalue weighted by atomic mass is 79.9. The second-order valence-corrected chi connectivity index (χ2v) is 4.95. The number of aryl methyl sites for hydroxylation is 1. The van der Waals surface area contributed by atoms with Crippen LogP contribution in [0.5, 0.6) is 5.75 Å². The molecule has 1 aromatic heterocycles. The molecule has 3 nitrogen and oxygen atoms in total. The molecule has 1 heterocycles. The average molecular weight is 307 g/mol. The van der Waals surface area contributed by atoms with Crippen LogP contribution in [0.3, 0.4) is 0 Å². The Morgan fingerprint density at radius 1 is 1.33 bits per heavy atom. The Morgan fingerprint density at radius 3 is 2.89 bits per heavy atom. The first-order valence-corrected chi connectivity index (χ1v) is 6.51. The highest BCUT2D eigenvalue weighted by Gasteiger charge is 2.07. The van der Waals surface area contributed by atoms with Crippen LogP contribution in [0, 0.1) is 6.92 Å². The van der Waals surface area contributed by atoms with Gasteiger partial charge < -0.3 is 10.5 Å². The first-order valence-electron chi connectivity index (χ1n) is 5.71. The number of hydrogen-bond donors (Lipinski definition) is 1. The predicted octanol–water partition coefficient (Wildman–Crippen LogP) is 3.19. The van der Waals surface area contributed by atoms with Gasteiger partial charge in [0.1, 0.15) is 12.4 Å². The number of hydrogen-bond acceptors (Lipinski definition) is 3. The fraction of sp³-hybridized carbons (Fsp3) is 0.214. The van der Waals surface area contributed by atoms with Gasteiger partial charge in [-0.05, 0) is 40.5 Å². The van der Waals surface area contributed by atoms with Gasteiger partial charge in [0, 0.05) is 30.1 Å². The van der Waals surface area contributed by atoms with Crippen molar-refractivity contribution < 1.29 is 4.74 Å². The fourth-order valence-electron chi connectivity index (χ4n) is 1.73. The van der Waals surface area contributed by atoms with E-state index in [9.17, 15) is 0 Å². The zero-order valence-corrected chi connectivity index (χ0v) is 11.8. The lowest BCUT2D eigenvalue weighted by Crippen LogP contribution is -2.03. The molecule has 0 radical (unpaired) electrons. The standard InChI is InChI=1S/C14H15BrN2O/c1-10-5-11(8-17-7-10)9-18-14-12(6-16)3-2-4-13(14)15/h2-5,7-8H,6,9,16H2,1H3. The van der Waals surface area contributed by atoms with Gasteiger partial charge in [0.05, 0.1) is 4.47 Å². The molecular weight excluding hydrogens is 292 g/mol. The van der Waals surface area contributed by atoms with Crippen molar-refractivity contribution in [2.75, 3.05) is 0 Å². The molecule has 0 atom stereocenters. The maximum Gasteiger partial charge on any atom is 0.138 e. The summed E-state index contributed by atoms with van der Waals surface area (Å²) in [4.78, 5) is 4.15. The summed E-state index contributed by atoms with van der Waals surface area (Å²) in [6.45, 7) is 2.96. The molecular formula is C14H15BrN2O. The first-order chi connectivity index (χ1) is 8.70. The molecule has 0 saturated heterocycles. The Balaban J connectivity index is 2.15. The molecule has 0 amide bonds. The lowest BCUT2D eigenvalue weighted by Gasteiger charge is -2.12. The number of pyridine rings is 1. The molecule has 0 aliphatic heterocycles. The van der Waals surface area contributed by atoms with Gasteiger partial charge in [-0.2, -0.15) is 0 Å². The number of aromatic nitrogens is 1. The van der Waals surface area contributed by atoms with Crippen molar-refractivity contribution in [2.45, 2.75) is 20.1 Å². The van der Waals surface area contributed by atoms with Crippen LogP contribution in [-0.2, 0) is 13.2 Å². The molecule has 0 fully saturated rings.